The van der Waals surface area contributed by atoms with Crippen LogP contribution < -0.4 is 56.5 Å². The van der Waals surface area contributed by atoms with E-state index in [-0.39, 0.29) is 63.8 Å². The van der Waals surface area contributed by atoms with Crippen molar-refractivity contribution in [3.05, 3.63) is 0 Å². The van der Waals surface area contributed by atoms with Crippen molar-refractivity contribution in [2.45, 2.75) is 207 Å². The Morgan fingerprint density at radius 1 is 0.487 bits per heavy atom. The molecule has 0 aromatic carbocycles. The number of nitrogens with zero attached hydrogens (tertiary/aromatic N) is 1. The first-order valence-corrected chi connectivity index (χ1v) is 17.6. The van der Waals surface area contributed by atoms with Crippen molar-refractivity contribution in [1.82, 2.24) is 4.90 Å². The Balaban J connectivity index is 0. The monoisotopic (exact) mass is 576 g/mol. The minimum absolute atomic E-state index is 0. The zero-order valence-electron chi connectivity index (χ0n) is 27.6. The predicted molar refractivity (Wildman–Crippen MR) is 167 cm³/mol. The van der Waals surface area contributed by atoms with Crippen molar-refractivity contribution in [3.8, 4) is 0 Å². The Morgan fingerprint density at radius 2 is 0.744 bits per heavy atom. The Bertz CT molecular complexity index is 444. The van der Waals surface area contributed by atoms with E-state index in [9.17, 15) is 9.90 Å². The molecule has 0 radical (unpaired) electrons. The van der Waals surface area contributed by atoms with Gasteiger partial charge in [-0.05, 0) is 32.4 Å². The molecule has 0 rings (SSSR count). The van der Waals surface area contributed by atoms with Crippen LogP contribution in [-0.2, 0) is 4.79 Å². The normalized spacial score (nSPS) is 12.1. The van der Waals surface area contributed by atoms with Crippen molar-refractivity contribution in [2.75, 3.05) is 13.1 Å². The van der Waals surface area contributed by atoms with Crippen LogP contribution in [0.4, 0.5) is 0 Å². The number of carboxylic acids is 1. The van der Waals surface area contributed by atoms with Gasteiger partial charge in [0.2, 0.25) is 0 Å². The van der Waals surface area contributed by atoms with Crippen LogP contribution in [0.2, 0.25) is 0 Å². The van der Waals surface area contributed by atoms with E-state index in [1.807, 2.05) is 0 Å². The van der Waals surface area contributed by atoms with E-state index in [1.165, 1.54) is 167 Å². The maximum Gasteiger partial charge on any atom is 1.00 e. The van der Waals surface area contributed by atoms with Crippen LogP contribution in [0.1, 0.15) is 201 Å². The Kier molecular flexibility index (Phi) is 38.2. The Morgan fingerprint density at radius 3 is 0.974 bits per heavy atom. The topological polar surface area (TPSA) is 43.4 Å². The first kappa shape index (κ1) is 42.2. The van der Waals surface area contributed by atoms with Crippen LogP contribution >= 0.6 is 0 Å². The molecule has 0 aliphatic heterocycles. The fraction of sp³-hybridized carbons (Fsp3) is 0.971. The van der Waals surface area contributed by atoms with E-state index in [4.69, 9.17) is 0 Å². The average Bonchev–Trinajstić information content (AvgIpc) is 2.91. The second-order valence-electron chi connectivity index (χ2n) is 12.2. The fourth-order valence-corrected chi connectivity index (χ4v) is 5.87. The smallest absolute Gasteiger partial charge is 0.550 e. The van der Waals surface area contributed by atoms with Crippen LogP contribution in [0, 0.1) is 0 Å². The molecule has 0 aromatic rings. The van der Waals surface area contributed by atoms with Gasteiger partial charge in [0.1, 0.15) is 0 Å². The third kappa shape index (κ3) is 31.8. The van der Waals surface area contributed by atoms with E-state index < -0.39 is 5.97 Å². The summed E-state index contributed by atoms with van der Waals surface area (Å²) in [5.41, 5.74) is 0. The van der Waals surface area contributed by atoms with Crippen LogP contribution in [0.25, 0.3) is 0 Å². The quantitative estimate of drug-likeness (QED) is 0.0620. The predicted octanol–water partition coefficient (Wildman–Crippen LogP) is 7.39. The standard InChI is InChI=1S/C35H71NO2.K/c1-4-7-9-11-13-15-17-19-21-23-25-27-29-31-36(34(6-3)33-35(37)38)32-30-28-26-24-22-20-18-16-14-12-10-8-5-2;/h34H,4-33H2,1-3H3,(H,37,38);/q;+1/p-1. The molecular weight excluding hydrogens is 505 g/mol. The Hall–Kier alpha value is 1.07. The molecule has 0 aliphatic rings. The van der Waals surface area contributed by atoms with Crippen molar-refractivity contribution in [2.24, 2.45) is 0 Å². The molecule has 0 bridgehead atoms. The maximum atomic E-state index is 11.3. The number of carboxylic acid groups (broad SMARTS) is 1. The largest absolute Gasteiger partial charge is 1.00 e. The summed E-state index contributed by atoms with van der Waals surface area (Å²) in [5.74, 6) is -0.891. The van der Waals surface area contributed by atoms with Gasteiger partial charge in [-0.3, -0.25) is 0 Å². The molecule has 4 heteroatoms. The summed E-state index contributed by atoms with van der Waals surface area (Å²) >= 11 is 0. The van der Waals surface area contributed by atoms with Gasteiger partial charge in [0.05, 0.1) is 0 Å². The van der Waals surface area contributed by atoms with Crippen molar-refractivity contribution >= 4 is 5.97 Å². The average molecular weight is 576 g/mol. The first-order valence-electron chi connectivity index (χ1n) is 17.6. The molecule has 1 unspecified atom stereocenters. The summed E-state index contributed by atoms with van der Waals surface area (Å²) in [7, 11) is 0. The SMILES string of the molecule is CCCCCCCCCCCCCCCN(CCCCCCCCCCCCCCC)C(CC)CC(=O)[O-].[K+]. The second kappa shape index (κ2) is 35.3. The molecule has 0 saturated heterocycles. The molecule has 0 saturated carbocycles. The van der Waals surface area contributed by atoms with Gasteiger partial charge in [-0.2, -0.15) is 0 Å². The molecular formula is C35H70KNO2. The van der Waals surface area contributed by atoms with Crippen LogP contribution in [-0.4, -0.2) is 30.0 Å². The molecule has 0 heterocycles. The summed E-state index contributed by atoms with van der Waals surface area (Å²) < 4.78 is 0. The van der Waals surface area contributed by atoms with Crippen molar-refractivity contribution < 1.29 is 61.3 Å². The molecule has 0 spiro atoms. The van der Waals surface area contributed by atoms with Gasteiger partial charge >= 0.3 is 51.4 Å². The number of aliphatic carboxylic acids is 1. The van der Waals surface area contributed by atoms with E-state index in [2.05, 4.69) is 25.7 Å². The van der Waals surface area contributed by atoms with E-state index in [0.29, 0.717) is 0 Å². The molecule has 0 aliphatic carbocycles. The van der Waals surface area contributed by atoms with E-state index in [0.717, 1.165) is 19.5 Å². The molecule has 3 nitrogen and oxygen atoms in total. The second-order valence-corrected chi connectivity index (χ2v) is 12.2. The van der Waals surface area contributed by atoms with Gasteiger partial charge in [0, 0.05) is 18.4 Å². The molecule has 0 amide bonds. The van der Waals surface area contributed by atoms with E-state index >= 15 is 0 Å². The number of carbonyl (C=O) groups is 1. The van der Waals surface area contributed by atoms with Crippen molar-refractivity contribution in [1.29, 1.82) is 0 Å². The Labute approximate surface area is 289 Å². The van der Waals surface area contributed by atoms with Crippen LogP contribution in [0.5, 0.6) is 0 Å². The third-order valence-electron chi connectivity index (χ3n) is 8.49. The fourth-order valence-electron chi connectivity index (χ4n) is 5.87. The van der Waals surface area contributed by atoms with Gasteiger partial charge in [-0.15, -0.1) is 0 Å². The molecule has 228 valence electrons. The number of carbonyl (C=O) groups excluding carboxylic acids is 1. The van der Waals surface area contributed by atoms with Crippen LogP contribution in [0.15, 0.2) is 0 Å². The third-order valence-corrected chi connectivity index (χ3v) is 8.49. The summed E-state index contributed by atoms with van der Waals surface area (Å²) in [6.45, 7) is 8.82. The van der Waals surface area contributed by atoms with Crippen LogP contribution in [0.3, 0.4) is 0 Å². The summed E-state index contributed by atoms with van der Waals surface area (Å²) in [6, 6.07) is 0.148. The molecule has 0 N–H and O–H groups in total. The van der Waals surface area contributed by atoms with Crippen molar-refractivity contribution in [3.63, 3.8) is 0 Å². The summed E-state index contributed by atoms with van der Waals surface area (Å²) in [6.07, 6.45) is 36.8. The minimum atomic E-state index is -0.891. The summed E-state index contributed by atoms with van der Waals surface area (Å²) in [5, 5.41) is 11.3. The van der Waals surface area contributed by atoms with Gasteiger partial charge in [0.25, 0.3) is 0 Å². The zero-order chi connectivity index (χ0) is 27.9. The number of hydrogen-bond acceptors (Lipinski definition) is 3. The van der Waals surface area contributed by atoms with E-state index in [1.54, 1.807) is 0 Å². The van der Waals surface area contributed by atoms with Gasteiger partial charge < -0.3 is 14.8 Å². The molecule has 39 heavy (non-hydrogen) atoms. The first-order chi connectivity index (χ1) is 18.7. The van der Waals surface area contributed by atoms with Gasteiger partial charge in [-0.25, -0.2) is 0 Å². The van der Waals surface area contributed by atoms with Gasteiger partial charge in [0.15, 0.2) is 0 Å². The minimum Gasteiger partial charge on any atom is -0.550 e. The molecule has 1 atom stereocenters. The number of unbranched alkanes of at least 4 members (excludes halogenated alkanes) is 24. The zero-order valence-corrected chi connectivity index (χ0v) is 30.7. The number of rotatable bonds is 32. The van der Waals surface area contributed by atoms with Gasteiger partial charge in [-0.1, -0.05) is 175 Å². The molecule has 0 fully saturated rings. The number of hydrogen-bond donors (Lipinski definition) is 0. The maximum absolute atomic E-state index is 11.3. The summed E-state index contributed by atoms with van der Waals surface area (Å²) in [4.78, 5) is 13.8. The molecule has 0 aromatic heterocycles.